The molecule has 2 aliphatic heterocycles. The first-order valence-corrected chi connectivity index (χ1v) is 5.43. The molecule has 0 amide bonds. The summed E-state index contributed by atoms with van der Waals surface area (Å²) in [6.07, 6.45) is 2.75. The maximum Gasteiger partial charge on any atom is 0.231 e. The van der Waals surface area contributed by atoms with E-state index >= 15 is 0 Å². The van der Waals surface area contributed by atoms with Gasteiger partial charge >= 0.3 is 0 Å². The molecule has 3 rings (SSSR count). The average Bonchev–Trinajstić information content (AvgIpc) is 3.09. The van der Waals surface area contributed by atoms with E-state index in [-0.39, 0.29) is 6.79 Å². The summed E-state index contributed by atoms with van der Waals surface area (Å²) in [5, 5.41) is 6.91. The van der Waals surface area contributed by atoms with E-state index in [9.17, 15) is 0 Å². The van der Waals surface area contributed by atoms with Gasteiger partial charge in [-0.05, 0) is 23.2 Å². The van der Waals surface area contributed by atoms with Gasteiger partial charge in [0.1, 0.15) is 6.61 Å². The molecule has 7 heteroatoms. The molecule has 0 aliphatic carbocycles. The van der Waals surface area contributed by atoms with E-state index in [0.29, 0.717) is 12.3 Å². The summed E-state index contributed by atoms with van der Waals surface area (Å²) in [6.45, 7) is 1.38. The van der Waals surface area contributed by atoms with Crippen LogP contribution in [0.15, 0.2) is 28.5 Å². The predicted molar refractivity (Wildman–Crippen MR) is 64.5 cm³/mol. The Bertz CT molecular complexity index is 477. The number of nitrogens with zero attached hydrogens (tertiary/aromatic N) is 4. The zero-order chi connectivity index (χ0) is 12.6. The minimum absolute atomic E-state index is 0.264. The Labute approximate surface area is 104 Å². The number of ether oxygens (including phenoxy) is 2. The fraction of sp³-hybridized carbons (Fsp3) is 0.364. The number of fused-ring (bicyclic) bond motifs is 1. The van der Waals surface area contributed by atoms with Crippen molar-refractivity contribution in [2.75, 3.05) is 13.4 Å². The topological polar surface area (TPSA) is 88.8 Å². The second-order valence-corrected chi connectivity index (χ2v) is 3.49. The second kappa shape index (κ2) is 6.36. The molecular weight excluding hydrogens is 236 g/mol. The molecule has 0 bridgehead atoms. The highest BCUT2D eigenvalue weighted by Crippen LogP contribution is 2.32. The maximum absolute atomic E-state index is 8.12. The van der Waals surface area contributed by atoms with Crippen molar-refractivity contribution in [3.05, 3.63) is 34.2 Å². The zero-order valence-corrected chi connectivity index (χ0v) is 9.65. The fourth-order valence-electron chi connectivity index (χ4n) is 1.42. The smallest absolute Gasteiger partial charge is 0.231 e. The Morgan fingerprint density at radius 1 is 1.33 bits per heavy atom. The van der Waals surface area contributed by atoms with Crippen LogP contribution in [0.25, 0.3) is 10.4 Å². The SMILES string of the molecule is C1=NOCC1.[N-]=[N+]=NCc1ccc2c(c1)OCO2. The summed E-state index contributed by atoms with van der Waals surface area (Å²) in [4.78, 5) is 7.19. The lowest BCUT2D eigenvalue weighted by Crippen LogP contribution is -1.92. The van der Waals surface area contributed by atoms with E-state index in [0.717, 1.165) is 24.3 Å². The first kappa shape index (κ1) is 12.1. The van der Waals surface area contributed by atoms with Gasteiger partial charge in [0.25, 0.3) is 0 Å². The second-order valence-electron chi connectivity index (χ2n) is 3.49. The van der Waals surface area contributed by atoms with E-state index < -0.39 is 0 Å². The lowest BCUT2D eigenvalue weighted by atomic mass is 10.2. The quantitative estimate of drug-likeness (QED) is 0.457. The van der Waals surface area contributed by atoms with E-state index in [1.807, 2.05) is 18.2 Å². The van der Waals surface area contributed by atoms with Crippen molar-refractivity contribution < 1.29 is 14.3 Å². The number of benzene rings is 1. The molecule has 18 heavy (non-hydrogen) atoms. The molecule has 0 atom stereocenters. The van der Waals surface area contributed by atoms with Gasteiger partial charge in [-0.2, -0.15) is 0 Å². The van der Waals surface area contributed by atoms with Gasteiger partial charge in [-0.1, -0.05) is 16.3 Å². The number of azide groups is 1. The summed E-state index contributed by atoms with van der Waals surface area (Å²) >= 11 is 0. The average molecular weight is 248 g/mol. The van der Waals surface area contributed by atoms with Crippen LogP contribution in [-0.4, -0.2) is 19.6 Å². The number of oxime groups is 1. The molecular formula is C11H12N4O3. The van der Waals surface area contributed by atoms with Gasteiger partial charge in [0.2, 0.25) is 6.79 Å². The van der Waals surface area contributed by atoms with Crippen LogP contribution < -0.4 is 9.47 Å². The van der Waals surface area contributed by atoms with Gasteiger partial charge in [-0.3, -0.25) is 0 Å². The van der Waals surface area contributed by atoms with Crippen LogP contribution in [-0.2, 0) is 11.4 Å². The standard InChI is InChI=1S/C8H7N3O2.C3H5NO/c9-11-10-4-6-1-2-7-8(3-6)13-5-12-7;1-2-4-5-3-1/h1-3H,4-5H2;2H,1,3H2. The summed E-state index contributed by atoms with van der Waals surface area (Å²) in [5.41, 5.74) is 9.04. The molecule has 0 N–H and O–H groups in total. The summed E-state index contributed by atoms with van der Waals surface area (Å²) in [7, 11) is 0. The van der Waals surface area contributed by atoms with Crippen molar-refractivity contribution in [1.82, 2.24) is 0 Å². The maximum atomic E-state index is 8.12. The Morgan fingerprint density at radius 3 is 2.89 bits per heavy atom. The number of hydrogen-bond acceptors (Lipinski definition) is 5. The van der Waals surface area contributed by atoms with Crippen LogP contribution in [0.3, 0.4) is 0 Å². The minimum atomic E-state index is 0.264. The normalized spacial score (nSPS) is 14.2. The van der Waals surface area contributed by atoms with E-state index in [2.05, 4.69) is 20.0 Å². The van der Waals surface area contributed by atoms with Gasteiger partial charge in [0.15, 0.2) is 11.5 Å². The van der Waals surface area contributed by atoms with Gasteiger partial charge in [-0.25, -0.2) is 0 Å². The number of rotatable bonds is 2. The first-order chi connectivity index (χ1) is 8.90. The number of hydrogen-bond donors (Lipinski definition) is 0. The largest absolute Gasteiger partial charge is 0.454 e. The Kier molecular flexibility index (Phi) is 4.27. The van der Waals surface area contributed by atoms with Crippen molar-refractivity contribution in [3.63, 3.8) is 0 Å². The molecule has 0 spiro atoms. The molecule has 7 nitrogen and oxygen atoms in total. The predicted octanol–water partition coefficient (Wildman–Crippen LogP) is 2.62. The molecule has 1 aromatic carbocycles. The van der Waals surface area contributed by atoms with Crippen LogP contribution in [0.2, 0.25) is 0 Å². The molecule has 0 saturated heterocycles. The third-order valence-electron chi connectivity index (χ3n) is 2.24. The van der Waals surface area contributed by atoms with E-state index in [1.54, 1.807) is 6.21 Å². The first-order valence-electron chi connectivity index (χ1n) is 5.43. The third kappa shape index (κ3) is 3.29. The summed E-state index contributed by atoms with van der Waals surface area (Å²) in [5.74, 6) is 1.45. The highest BCUT2D eigenvalue weighted by molar-refractivity contribution is 5.57. The summed E-state index contributed by atoms with van der Waals surface area (Å²) < 4.78 is 10.3. The Hall–Kier alpha value is -2.40. The third-order valence-corrected chi connectivity index (χ3v) is 2.24. The Morgan fingerprint density at radius 2 is 2.22 bits per heavy atom. The van der Waals surface area contributed by atoms with Crippen LogP contribution in [0.1, 0.15) is 12.0 Å². The fourth-order valence-corrected chi connectivity index (χ4v) is 1.42. The van der Waals surface area contributed by atoms with Gasteiger partial charge in [0, 0.05) is 17.5 Å². The van der Waals surface area contributed by atoms with Crippen LogP contribution in [0.5, 0.6) is 11.5 Å². The molecule has 2 heterocycles. The van der Waals surface area contributed by atoms with E-state index in [4.69, 9.17) is 15.0 Å². The van der Waals surface area contributed by atoms with Crippen LogP contribution in [0, 0.1) is 0 Å². The monoisotopic (exact) mass is 248 g/mol. The highest BCUT2D eigenvalue weighted by atomic mass is 16.7. The highest BCUT2D eigenvalue weighted by Gasteiger charge is 2.12. The lowest BCUT2D eigenvalue weighted by Gasteiger charge is -1.97. The molecule has 0 unspecified atom stereocenters. The van der Waals surface area contributed by atoms with Crippen LogP contribution >= 0.6 is 0 Å². The molecule has 1 aromatic rings. The van der Waals surface area contributed by atoms with Crippen molar-refractivity contribution in [1.29, 1.82) is 0 Å². The molecule has 0 aromatic heterocycles. The van der Waals surface area contributed by atoms with Gasteiger partial charge in [-0.15, -0.1) is 0 Å². The molecule has 0 radical (unpaired) electrons. The van der Waals surface area contributed by atoms with Gasteiger partial charge < -0.3 is 14.3 Å². The minimum Gasteiger partial charge on any atom is -0.454 e. The molecule has 94 valence electrons. The zero-order valence-electron chi connectivity index (χ0n) is 9.65. The molecule has 0 saturated carbocycles. The molecule has 2 aliphatic rings. The van der Waals surface area contributed by atoms with Crippen molar-refractivity contribution in [2.24, 2.45) is 10.3 Å². The van der Waals surface area contributed by atoms with Crippen LogP contribution in [0.4, 0.5) is 0 Å². The van der Waals surface area contributed by atoms with E-state index in [1.165, 1.54) is 0 Å². The lowest BCUT2D eigenvalue weighted by molar-refractivity contribution is 0.174. The van der Waals surface area contributed by atoms with Crippen molar-refractivity contribution in [2.45, 2.75) is 13.0 Å². The Balaban J connectivity index is 0.000000202. The van der Waals surface area contributed by atoms with Crippen molar-refractivity contribution >= 4 is 6.21 Å². The molecule has 0 fully saturated rings. The van der Waals surface area contributed by atoms with Gasteiger partial charge in [0.05, 0.1) is 6.54 Å². The van der Waals surface area contributed by atoms with Crippen molar-refractivity contribution in [3.8, 4) is 11.5 Å². The summed E-state index contributed by atoms with van der Waals surface area (Å²) in [6, 6.07) is 5.48.